The number of aromatic hydroxyl groups is 1. The van der Waals surface area contributed by atoms with Crippen molar-refractivity contribution in [1.29, 1.82) is 0 Å². The maximum atomic E-state index is 11.9. The number of hydrogen-bond acceptors (Lipinski definition) is 5. The molecule has 0 unspecified atom stereocenters. The Bertz CT molecular complexity index is 1100. The van der Waals surface area contributed by atoms with E-state index in [1.54, 1.807) is 61.2 Å². The normalized spacial score (nSPS) is 11.4. The van der Waals surface area contributed by atoms with Crippen LogP contribution in [0, 0.1) is 0 Å². The summed E-state index contributed by atoms with van der Waals surface area (Å²) in [6.45, 7) is -0.305. The molecule has 0 aliphatic rings. The highest BCUT2D eigenvalue weighted by molar-refractivity contribution is 5.96. The molecule has 3 rings (SSSR count). The van der Waals surface area contributed by atoms with E-state index in [2.05, 4.69) is 15.5 Å². The van der Waals surface area contributed by atoms with Gasteiger partial charge >= 0.3 is 0 Å². The van der Waals surface area contributed by atoms with Gasteiger partial charge < -0.3 is 19.7 Å². The molecule has 0 fully saturated rings. The fraction of sp³-hybridized carbons (Fsp3) is 0.143. The van der Waals surface area contributed by atoms with E-state index in [4.69, 9.17) is 4.74 Å². The van der Waals surface area contributed by atoms with E-state index >= 15 is 0 Å². The Kier molecular flexibility index (Phi) is 6.03. The lowest BCUT2D eigenvalue weighted by atomic mass is 10.2. The van der Waals surface area contributed by atoms with Gasteiger partial charge in [0.25, 0.3) is 5.91 Å². The van der Waals surface area contributed by atoms with Gasteiger partial charge in [0.2, 0.25) is 11.8 Å². The number of methoxy groups -OCH3 is 1. The van der Waals surface area contributed by atoms with Crippen molar-refractivity contribution >= 4 is 34.5 Å². The second-order valence-corrected chi connectivity index (χ2v) is 6.17. The molecule has 2 aromatic carbocycles. The van der Waals surface area contributed by atoms with Crippen LogP contribution in [0.1, 0.15) is 5.56 Å². The fourth-order valence-corrected chi connectivity index (χ4v) is 2.71. The zero-order valence-electron chi connectivity index (χ0n) is 16.0. The molecule has 0 bridgehead atoms. The van der Waals surface area contributed by atoms with Crippen LogP contribution in [0.5, 0.6) is 11.6 Å². The summed E-state index contributed by atoms with van der Waals surface area (Å²) in [4.78, 5) is 23.8. The molecule has 0 saturated heterocycles. The largest absolute Gasteiger partial charge is 0.497 e. The number of rotatable bonds is 6. The van der Waals surface area contributed by atoms with Crippen LogP contribution in [0.3, 0.4) is 0 Å². The predicted molar refractivity (Wildman–Crippen MR) is 109 cm³/mol. The molecule has 0 aliphatic carbocycles. The summed E-state index contributed by atoms with van der Waals surface area (Å²) in [5.41, 5.74) is 1.80. The zero-order chi connectivity index (χ0) is 20.8. The number of azo groups is 1. The van der Waals surface area contributed by atoms with Crippen molar-refractivity contribution in [3.8, 4) is 11.6 Å². The summed E-state index contributed by atoms with van der Waals surface area (Å²) in [7, 11) is 3.27. The smallest absolute Gasteiger partial charge is 0.283 e. The van der Waals surface area contributed by atoms with Crippen molar-refractivity contribution in [2.24, 2.45) is 17.3 Å². The van der Waals surface area contributed by atoms with E-state index in [1.807, 2.05) is 12.1 Å². The van der Waals surface area contributed by atoms with Gasteiger partial charge in [0.15, 0.2) is 5.69 Å². The molecule has 148 valence electrons. The molecule has 2 amide bonds. The Labute approximate surface area is 167 Å². The first-order chi connectivity index (χ1) is 14.0. The quantitative estimate of drug-likeness (QED) is 0.496. The third kappa shape index (κ3) is 4.67. The van der Waals surface area contributed by atoms with E-state index in [0.29, 0.717) is 5.39 Å². The monoisotopic (exact) mass is 392 g/mol. The Balaban J connectivity index is 1.58. The van der Waals surface area contributed by atoms with Crippen LogP contribution in [-0.4, -0.2) is 35.1 Å². The second-order valence-electron chi connectivity index (χ2n) is 6.17. The Morgan fingerprint density at radius 2 is 1.90 bits per heavy atom. The molecule has 2 N–H and O–H groups in total. The summed E-state index contributed by atoms with van der Waals surface area (Å²) in [6.07, 6.45) is 2.94. The third-order valence-electron chi connectivity index (χ3n) is 4.27. The van der Waals surface area contributed by atoms with Crippen LogP contribution in [0.15, 0.2) is 64.8 Å². The molecule has 8 nitrogen and oxygen atoms in total. The van der Waals surface area contributed by atoms with Crippen molar-refractivity contribution in [2.45, 2.75) is 0 Å². The van der Waals surface area contributed by atoms with Gasteiger partial charge in [0.05, 0.1) is 12.6 Å². The number of ether oxygens (including phenoxy) is 1. The minimum atomic E-state index is -0.636. The van der Waals surface area contributed by atoms with Crippen LogP contribution < -0.4 is 10.1 Å². The molecular formula is C21H20N4O4. The third-order valence-corrected chi connectivity index (χ3v) is 4.27. The summed E-state index contributed by atoms with van der Waals surface area (Å²) in [5, 5.41) is 20.8. The van der Waals surface area contributed by atoms with Crippen LogP contribution in [0.2, 0.25) is 0 Å². The van der Waals surface area contributed by atoms with Crippen LogP contribution in [0.25, 0.3) is 17.0 Å². The number of nitrogens with one attached hydrogen (secondary N) is 1. The SMILES string of the molecule is COc1ccc(/C=C/C(=O)NCC(=O)N=Nc2c(O)n(C)c3ccccc23)cc1. The number of amides is 2. The second kappa shape index (κ2) is 8.83. The molecule has 3 aromatic rings. The summed E-state index contributed by atoms with van der Waals surface area (Å²) in [6, 6.07) is 14.4. The van der Waals surface area contributed by atoms with E-state index in [1.165, 1.54) is 6.08 Å². The lowest BCUT2D eigenvalue weighted by Gasteiger charge is -2.00. The van der Waals surface area contributed by atoms with Gasteiger partial charge in [-0.15, -0.1) is 10.2 Å². The maximum Gasteiger partial charge on any atom is 0.283 e. The van der Waals surface area contributed by atoms with Gasteiger partial charge in [-0.2, -0.15) is 0 Å². The van der Waals surface area contributed by atoms with Crippen LogP contribution >= 0.6 is 0 Å². The van der Waals surface area contributed by atoms with E-state index in [-0.39, 0.29) is 18.1 Å². The van der Waals surface area contributed by atoms with Crippen molar-refractivity contribution in [1.82, 2.24) is 9.88 Å². The minimum Gasteiger partial charge on any atom is -0.497 e. The molecular weight excluding hydrogens is 372 g/mol. The number of para-hydroxylation sites is 1. The molecule has 1 aromatic heterocycles. The molecule has 0 atom stereocenters. The average Bonchev–Trinajstić information content (AvgIpc) is 2.99. The lowest BCUT2D eigenvalue weighted by molar-refractivity contribution is -0.122. The Morgan fingerprint density at radius 1 is 1.17 bits per heavy atom. The first kappa shape index (κ1) is 19.8. The predicted octanol–water partition coefficient (Wildman–Crippen LogP) is 3.33. The standard InChI is InChI=1S/C21H20N4O4/c1-25-17-6-4-3-5-16(17)20(21(25)28)24-23-19(27)13-22-18(26)12-9-14-7-10-15(29-2)11-8-14/h3-12,28H,13H2,1-2H3,(H,22,26)/b12-9+,24-23?. The van der Waals surface area contributed by atoms with Gasteiger partial charge in [-0.3, -0.25) is 9.59 Å². The Morgan fingerprint density at radius 3 is 2.62 bits per heavy atom. The first-order valence-electron chi connectivity index (χ1n) is 8.80. The summed E-state index contributed by atoms with van der Waals surface area (Å²) in [5.74, 6) is -0.435. The van der Waals surface area contributed by atoms with Gasteiger partial charge in [0.1, 0.15) is 12.3 Å². The molecule has 0 saturated carbocycles. The zero-order valence-corrected chi connectivity index (χ0v) is 16.0. The van der Waals surface area contributed by atoms with Crippen molar-refractivity contribution < 1.29 is 19.4 Å². The molecule has 0 radical (unpaired) electrons. The number of aryl methyl sites for hydroxylation is 1. The highest BCUT2D eigenvalue weighted by Crippen LogP contribution is 2.37. The number of carbonyl (C=O) groups excluding carboxylic acids is 2. The van der Waals surface area contributed by atoms with Crippen LogP contribution in [-0.2, 0) is 16.6 Å². The molecule has 0 aliphatic heterocycles. The number of carbonyl (C=O) groups is 2. The van der Waals surface area contributed by atoms with Gasteiger partial charge in [-0.25, -0.2) is 0 Å². The van der Waals surface area contributed by atoms with Gasteiger partial charge in [-0.1, -0.05) is 30.3 Å². The molecule has 29 heavy (non-hydrogen) atoms. The number of fused-ring (bicyclic) bond motifs is 1. The first-order valence-corrected chi connectivity index (χ1v) is 8.80. The van der Waals surface area contributed by atoms with E-state index in [0.717, 1.165) is 16.8 Å². The van der Waals surface area contributed by atoms with E-state index in [9.17, 15) is 14.7 Å². The summed E-state index contributed by atoms with van der Waals surface area (Å²) >= 11 is 0. The number of hydrogen-bond donors (Lipinski definition) is 2. The number of aromatic nitrogens is 1. The minimum absolute atomic E-state index is 0.0887. The lowest BCUT2D eigenvalue weighted by Crippen LogP contribution is -2.26. The Hall–Kier alpha value is -3.94. The maximum absolute atomic E-state index is 11.9. The summed E-state index contributed by atoms with van der Waals surface area (Å²) < 4.78 is 6.63. The number of benzene rings is 2. The van der Waals surface area contributed by atoms with Crippen molar-refractivity contribution in [2.75, 3.05) is 13.7 Å². The van der Waals surface area contributed by atoms with Gasteiger partial charge in [-0.05, 0) is 29.8 Å². The van der Waals surface area contributed by atoms with Gasteiger partial charge in [0, 0.05) is 18.5 Å². The van der Waals surface area contributed by atoms with E-state index < -0.39 is 11.8 Å². The van der Waals surface area contributed by atoms with Crippen LogP contribution in [0.4, 0.5) is 5.69 Å². The highest BCUT2D eigenvalue weighted by atomic mass is 16.5. The highest BCUT2D eigenvalue weighted by Gasteiger charge is 2.14. The molecule has 8 heteroatoms. The average molecular weight is 392 g/mol. The molecule has 1 heterocycles. The number of nitrogens with zero attached hydrogens (tertiary/aromatic N) is 3. The van der Waals surface area contributed by atoms with Crippen molar-refractivity contribution in [3.05, 3.63) is 60.2 Å². The topological polar surface area (TPSA) is 105 Å². The van der Waals surface area contributed by atoms with Crippen molar-refractivity contribution in [3.63, 3.8) is 0 Å². The fourth-order valence-electron chi connectivity index (χ4n) is 2.71. The molecule has 0 spiro atoms.